The first-order chi connectivity index (χ1) is 27.8. The second-order valence-electron chi connectivity index (χ2n) is 13.6. The Morgan fingerprint density at radius 3 is 1.54 bits per heavy atom. The maximum absolute atomic E-state index is 13.8. The minimum Gasteiger partial charge on any atom is -0.457 e. The number of benzene rings is 5. The third-order valence-electron chi connectivity index (χ3n) is 9.89. The molecule has 0 spiro atoms. The van der Waals surface area contributed by atoms with E-state index in [1.54, 1.807) is 61.2 Å². The van der Waals surface area contributed by atoms with Crippen LogP contribution in [0.25, 0.3) is 66.6 Å². The van der Waals surface area contributed by atoms with E-state index in [-0.39, 0.29) is 0 Å². The van der Waals surface area contributed by atoms with Gasteiger partial charge in [-0.15, -0.1) is 0 Å². The summed E-state index contributed by atoms with van der Waals surface area (Å²) in [5.41, 5.74) is 4.27. The summed E-state index contributed by atoms with van der Waals surface area (Å²) in [4.78, 5) is 18.1. The number of pyridine rings is 2. The molecule has 8 nitrogen and oxygen atoms in total. The zero-order valence-corrected chi connectivity index (χ0v) is 30.1. The lowest BCUT2D eigenvalue weighted by Gasteiger charge is -2.13. The molecule has 0 aliphatic heterocycles. The van der Waals surface area contributed by atoms with Crippen LogP contribution >= 0.6 is 0 Å². The average Bonchev–Trinajstić information content (AvgIpc) is 3.72. The van der Waals surface area contributed by atoms with Crippen LogP contribution in [0.2, 0.25) is 0 Å². The van der Waals surface area contributed by atoms with Crippen LogP contribution in [-0.4, -0.2) is 29.1 Å². The van der Waals surface area contributed by atoms with Gasteiger partial charge < -0.3 is 9.47 Å². The van der Waals surface area contributed by atoms with Gasteiger partial charge in [0.15, 0.2) is 5.82 Å². The highest BCUT2D eigenvalue weighted by Gasteiger charge is 2.31. The summed E-state index contributed by atoms with van der Waals surface area (Å²) in [7, 11) is 0. The smallest absolute Gasteiger partial charge is 0.416 e. The van der Waals surface area contributed by atoms with Crippen LogP contribution in [-0.2, 0) is 6.18 Å². The molecule has 5 heterocycles. The quantitative estimate of drug-likeness (QED) is 0.161. The summed E-state index contributed by atoms with van der Waals surface area (Å²) in [6.07, 6.45) is 2.26. The normalized spacial score (nSPS) is 11.9. The number of hydrogen-bond acceptors (Lipinski definition) is 6. The molecule has 276 valence electrons. The van der Waals surface area contributed by atoms with Crippen molar-refractivity contribution in [2.45, 2.75) is 13.1 Å². The molecule has 0 saturated heterocycles. The SMILES string of the molecule is Cc1ccc2c(c1)c1ccc(Oc3cc(Oc4ccc5c6cc(C(F)(F)F)ccc6n(-c6ccccn6)c5c4)cc(-c4ncccn4)c3)cc1n2-c1ccccn1. The Morgan fingerprint density at radius 1 is 0.456 bits per heavy atom. The van der Waals surface area contributed by atoms with Gasteiger partial charge >= 0.3 is 6.18 Å². The number of halogens is 3. The molecule has 0 radical (unpaired) electrons. The van der Waals surface area contributed by atoms with Gasteiger partial charge in [-0.2, -0.15) is 13.2 Å². The second-order valence-corrected chi connectivity index (χ2v) is 13.6. The summed E-state index contributed by atoms with van der Waals surface area (Å²) < 4.78 is 58.6. The minimum absolute atomic E-state index is 0.438. The fraction of sp³-hybridized carbons (Fsp3) is 0.0435. The second kappa shape index (κ2) is 13.3. The molecule has 10 aromatic rings. The van der Waals surface area contributed by atoms with Gasteiger partial charge in [0, 0.05) is 70.1 Å². The van der Waals surface area contributed by atoms with Gasteiger partial charge in [0.05, 0.1) is 27.6 Å². The van der Waals surface area contributed by atoms with Crippen LogP contribution in [0.1, 0.15) is 11.1 Å². The number of ether oxygens (including phenoxy) is 2. The monoisotopic (exact) mass is 754 g/mol. The van der Waals surface area contributed by atoms with Gasteiger partial charge in [-0.3, -0.25) is 9.13 Å². The fourth-order valence-corrected chi connectivity index (χ4v) is 7.42. The maximum Gasteiger partial charge on any atom is 0.416 e. The van der Waals surface area contributed by atoms with Gasteiger partial charge in [-0.25, -0.2) is 19.9 Å². The Balaban J connectivity index is 1.08. The van der Waals surface area contributed by atoms with Crippen molar-refractivity contribution in [2.75, 3.05) is 0 Å². The Labute approximate surface area is 323 Å². The summed E-state index contributed by atoms with van der Waals surface area (Å²) in [5.74, 6) is 3.78. The molecule has 0 bridgehead atoms. The van der Waals surface area contributed by atoms with Crippen molar-refractivity contribution in [3.8, 4) is 46.0 Å². The molecule has 0 unspecified atom stereocenters. The van der Waals surface area contributed by atoms with Crippen LogP contribution in [0.15, 0.2) is 158 Å². The van der Waals surface area contributed by atoms with E-state index >= 15 is 0 Å². The molecular weight excluding hydrogens is 726 g/mol. The van der Waals surface area contributed by atoms with Crippen molar-refractivity contribution < 1.29 is 22.6 Å². The Kier molecular flexibility index (Phi) is 7.96. The number of aryl methyl sites for hydroxylation is 1. The van der Waals surface area contributed by atoms with Crippen molar-refractivity contribution in [1.82, 2.24) is 29.1 Å². The van der Waals surface area contributed by atoms with Crippen LogP contribution < -0.4 is 9.47 Å². The minimum atomic E-state index is -4.49. The summed E-state index contributed by atoms with van der Waals surface area (Å²) in [6.45, 7) is 2.08. The standard InChI is InChI=1S/C46H29F3N6O2/c1-28-9-15-39-37(21-28)35-13-11-31(26-41(35)54(39)43-7-2-4-17-50-43)56-33-22-29(45-52-19-6-20-53-45)23-34(25-33)57-32-12-14-36-38-24-30(46(47,48)49)10-16-40(38)55(42(36)27-32)44-8-3-5-18-51-44/h2-27H,1H3. The maximum atomic E-state index is 13.8. The topological polar surface area (TPSA) is 79.9 Å². The van der Waals surface area contributed by atoms with Crippen LogP contribution in [0.3, 0.4) is 0 Å². The first-order valence-electron chi connectivity index (χ1n) is 18.1. The summed E-state index contributed by atoms with van der Waals surface area (Å²) in [6, 6.07) is 39.9. The van der Waals surface area contributed by atoms with Gasteiger partial charge in [-0.1, -0.05) is 23.8 Å². The highest BCUT2D eigenvalue weighted by atomic mass is 19.4. The highest BCUT2D eigenvalue weighted by Crippen LogP contribution is 2.41. The lowest BCUT2D eigenvalue weighted by Crippen LogP contribution is -2.04. The fourth-order valence-electron chi connectivity index (χ4n) is 7.42. The lowest BCUT2D eigenvalue weighted by atomic mass is 10.1. The molecule has 0 amide bonds. The van der Waals surface area contributed by atoms with Gasteiger partial charge in [0.25, 0.3) is 0 Å². The number of hydrogen-bond donors (Lipinski definition) is 0. The van der Waals surface area contributed by atoms with E-state index in [9.17, 15) is 13.2 Å². The molecule has 5 aromatic carbocycles. The number of fused-ring (bicyclic) bond motifs is 6. The van der Waals surface area contributed by atoms with Crippen molar-refractivity contribution in [3.63, 3.8) is 0 Å². The van der Waals surface area contributed by atoms with Crippen molar-refractivity contribution in [3.05, 3.63) is 169 Å². The Hall–Kier alpha value is -7.53. The first kappa shape index (κ1) is 34.0. The molecule has 0 atom stereocenters. The third-order valence-corrected chi connectivity index (χ3v) is 9.89. The average molecular weight is 755 g/mol. The van der Waals surface area contributed by atoms with E-state index in [1.165, 1.54) is 12.1 Å². The zero-order valence-electron chi connectivity index (χ0n) is 30.1. The van der Waals surface area contributed by atoms with Crippen LogP contribution in [0.4, 0.5) is 13.2 Å². The summed E-state index contributed by atoms with van der Waals surface area (Å²) in [5, 5.41) is 3.25. The van der Waals surface area contributed by atoms with Crippen molar-refractivity contribution in [2.24, 2.45) is 0 Å². The number of aromatic nitrogens is 6. The molecule has 0 aliphatic rings. The number of alkyl halides is 3. The van der Waals surface area contributed by atoms with E-state index < -0.39 is 11.7 Å². The first-order valence-corrected chi connectivity index (χ1v) is 18.1. The molecular formula is C46H29F3N6O2. The number of rotatable bonds is 7. The molecule has 0 N–H and O–H groups in total. The van der Waals surface area contributed by atoms with Crippen molar-refractivity contribution in [1.29, 1.82) is 0 Å². The third kappa shape index (κ3) is 6.15. The van der Waals surface area contributed by atoms with Gasteiger partial charge in [0.2, 0.25) is 0 Å². The van der Waals surface area contributed by atoms with E-state index in [0.29, 0.717) is 62.0 Å². The molecule has 0 saturated carbocycles. The summed E-state index contributed by atoms with van der Waals surface area (Å²) >= 11 is 0. The molecule has 0 aliphatic carbocycles. The van der Waals surface area contributed by atoms with E-state index in [2.05, 4.69) is 55.7 Å². The van der Waals surface area contributed by atoms with Crippen molar-refractivity contribution >= 4 is 43.6 Å². The zero-order chi connectivity index (χ0) is 38.7. The molecule has 57 heavy (non-hydrogen) atoms. The van der Waals surface area contributed by atoms with Crippen LogP contribution in [0.5, 0.6) is 23.0 Å². The molecule has 11 heteroatoms. The molecule has 10 rings (SSSR count). The predicted molar refractivity (Wildman–Crippen MR) is 215 cm³/mol. The van der Waals surface area contributed by atoms with Gasteiger partial charge in [-0.05, 0) is 104 Å². The molecule has 0 fully saturated rings. The Morgan fingerprint density at radius 2 is 1.00 bits per heavy atom. The van der Waals surface area contributed by atoms with Gasteiger partial charge in [0.1, 0.15) is 34.6 Å². The lowest BCUT2D eigenvalue weighted by molar-refractivity contribution is -0.137. The molecule has 5 aromatic heterocycles. The van der Waals surface area contributed by atoms with E-state index in [0.717, 1.165) is 39.3 Å². The number of nitrogens with zero attached hydrogens (tertiary/aromatic N) is 6. The highest BCUT2D eigenvalue weighted by molar-refractivity contribution is 6.10. The van der Waals surface area contributed by atoms with E-state index in [1.807, 2.05) is 59.2 Å². The largest absolute Gasteiger partial charge is 0.457 e. The van der Waals surface area contributed by atoms with E-state index in [4.69, 9.17) is 9.47 Å². The Bertz CT molecular complexity index is 3130. The van der Waals surface area contributed by atoms with Crippen LogP contribution in [0, 0.1) is 6.92 Å². The predicted octanol–water partition coefficient (Wildman–Crippen LogP) is 12.0.